The van der Waals surface area contributed by atoms with Gasteiger partial charge in [-0.05, 0) is 37.5 Å². The molecule has 0 saturated carbocycles. The fraction of sp³-hybridized carbons (Fsp3) is 0.533. The van der Waals surface area contributed by atoms with Gasteiger partial charge in [0, 0.05) is 30.9 Å². The van der Waals surface area contributed by atoms with E-state index in [2.05, 4.69) is 10.0 Å². The highest BCUT2D eigenvalue weighted by Gasteiger charge is 2.17. The first kappa shape index (κ1) is 17.7. The molecule has 0 spiro atoms. The average molecular weight is 341 g/mol. The summed E-state index contributed by atoms with van der Waals surface area (Å²) in [6.07, 6.45) is 2.90. The molecule has 1 amide bonds. The van der Waals surface area contributed by atoms with Gasteiger partial charge in [0.15, 0.2) is 0 Å². The molecule has 1 aliphatic rings. The summed E-state index contributed by atoms with van der Waals surface area (Å²) in [6.45, 7) is 1.00. The summed E-state index contributed by atoms with van der Waals surface area (Å²) in [7, 11) is -3.44. The topological polar surface area (TPSA) is 111 Å². The average Bonchev–Trinajstić information content (AvgIpc) is 2.54. The van der Waals surface area contributed by atoms with Gasteiger partial charge < -0.3 is 15.8 Å². The Bertz CT molecular complexity index is 627. The Labute approximate surface area is 136 Å². The Morgan fingerprint density at radius 2 is 2.17 bits per heavy atom. The maximum Gasteiger partial charge on any atom is 0.251 e. The standard InChI is InChI=1S/C15H23N3O4S/c16-13-5-3-4-12(10-13)15(19)17-7-9-23(20,21)18-11-14-6-1-2-8-22-14/h3-5,10,14,18H,1-2,6-9,11,16H2,(H,17,19). The van der Waals surface area contributed by atoms with Crippen molar-refractivity contribution in [2.45, 2.75) is 25.4 Å². The van der Waals surface area contributed by atoms with E-state index in [1.165, 1.54) is 0 Å². The Morgan fingerprint density at radius 3 is 2.87 bits per heavy atom. The second kappa shape index (κ2) is 8.28. The van der Waals surface area contributed by atoms with E-state index in [4.69, 9.17) is 10.5 Å². The molecule has 1 unspecified atom stereocenters. The highest BCUT2D eigenvalue weighted by molar-refractivity contribution is 7.89. The number of hydrogen-bond acceptors (Lipinski definition) is 5. The summed E-state index contributed by atoms with van der Waals surface area (Å²) < 4.78 is 31.8. The minimum absolute atomic E-state index is 0.0362. The molecule has 4 N–H and O–H groups in total. The van der Waals surface area contributed by atoms with Gasteiger partial charge in [0.25, 0.3) is 5.91 Å². The van der Waals surface area contributed by atoms with Crippen LogP contribution in [0.2, 0.25) is 0 Å². The van der Waals surface area contributed by atoms with E-state index in [1.807, 2.05) is 0 Å². The van der Waals surface area contributed by atoms with Gasteiger partial charge >= 0.3 is 0 Å². The number of anilines is 1. The Kier molecular flexibility index (Phi) is 6.37. The number of carbonyl (C=O) groups excluding carboxylic acids is 1. The lowest BCUT2D eigenvalue weighted by Crippen LogP contribution is -2.39. The van der Waals surface area contributed by atoms with Crippen LogP contribution in [0.4, 0.5) is 5.69 Å². The van der Waals surface area contributed by atoms with Crippen LogP contribution in [-0.2, 0) is 14.8 Å². The molecule has 1 aliphatic heterocycles. The number of amides is 1. The van der Waals surface area contributed by atoms with Crippen molar-refractivity contribution in [2.75, 3.05) is 31.2 Å². The summed E-state index contributed by atoms with van der Waals surface area (Å²) in [4.78, 5) is 11.9. The van der Waals surface area contributed by atoms with E-state index in [1.54, 1.807) is 24.3 Å². The van der Waals surface area contributed by atoms with Crippen molar-refractivity contribution in [1.82, 2.24) is 10.0 Å². The predicted molar refractivity (Wildman–Crippen MR) is 88.6 cm³/mol. The molecule has 0 bridgehead atoms. The van der Waals surface area contributed by atoms with Crippen LogP contribution < -0.4 is 15.8 Å². The summed E-state index contributed by atoms with van der Waals surface area (Å²) in [5, 5.41) is 2.58. The monoisotopic (exact) mass is 341 g/mol. The summed E-state index contributed by atoms with van der Waals surface area (Å²) >= 11 is 0. The second-order valence-corrected chi connectivity index (χ2v) is 7.46. The Hall–Kier alpha value is -1.64. The predicted octanol–water partition coefficient (Wildman–Crippen LogP) is 0.487. The first-order chi connectivity index (χ1) is 11.0. The second-order valence-electron chi connectivity index (χ2n) is 5.54. The lowest BCUT2D eigenvalue weighted by molar-refractivity contribution is 0.0200. The number of sulfonamides is 1. The highest BCUT2D eigenvalue weighted by atomic mass is 32.2. The van der Waals surface area contributed by atoms with Crippen LogP contribution >= 0.6 is 0 Å². The molecule has 128 valence electrons. The minimum atomic E-state index is -3.44. The van der Waals surface area contributed by atoms with Gasteiger partial charge in [-0.25, -0.2) is 13.1 Å². The third-order valence-corrected chi connectivity index (χ3v) is 4.96. The number of hydrogen-bond donors (Lipinski definition) is 3. The minimum Gasteiger partial charge on any atom is -0.399 e. The number of nitrogens with one attached hydrogen (secondary N) is 2. The molecule has 7 nitrogen and oxygen atoms in total. The molecule has 1 aromatic carbocycles. The van der Waals surface area contributed by atoms with Gasteiger partial charge in [0.05, 0.1) is 11.9 Å². The molecule has 1 aromatic rings. The summed E-state index contributed by atoms with van der Waals surface area (Å²) in [5.74, 6) is -0.517. The molecule has 0 radical (unpaired) electrons. The van der Waals surface area contributed by atoms with Gasteiger partial charge in [-0.2, -0.15) is 0 Å². The SMILES string of the molecule is Nc1cccc(C(=O)NCCS(=O)(=O)NCC2CCCCO2)c1. The molecule has 1 fully saturated rings. The van der Waals surface area contributed by atoms with Gasteiger partial charge in [0.2, 0.25) is 10.0 Å². The lowest BCUT2D eigenvalue weighted by Gasteiger charge is -2.22. The Balaban J connectivity index is 1.72. The van der Waals surface area contributed by atoms with Crippen molar-refractivity contribution in [1.29, 1.82) is 0 Å². The molecule has 0 aliphatic carbocycles. The molecule has 2 rings (SSSR count). The third kappa shape index (κ3) is 6.17. The van der Waals surface area contributed by atoms with Gasteiger partial charge in [-0.1, -0.05) is 6.07 Å². The fourth-order valence-corrected chi connectivity index (χ4v) is 3.30. The van der Waals surface area contributed by atoms with Gasteiger partial charge in [-0.15, -0.1) is 0 Å². The first-order valence-electron chi connectivity index (χ1n) is 7.69. The lowest BCUT2D eigenvalue weighted by atomic mass is 10.1. The smallest absolute Gasteiger partial charge is 0.251 e. The molecular formula is C15H23N3O4S. The van der Waals surface area contributed by atoms with E-state index < -0.39 is 10.0 Å². The molecule has 1 saturated heterocycles. The van der Waals surface area contributed by atoms with Crippen LogP contribution in [0.15, 0.2) is 24.3 Å². The zero-order valence-corrected chi connectivity index (χ0v) is 13.8. The molecular weight excluding hydrogens is 318 g/mol. The summed E-state index contributed by atoms with van der Waals surface area (Å²) in [6, 6.07) is 6.52. The summed E-state index contributed by atoms with van der Waals surface area (Å²) in [5.41, 5.74) is 6.50. The van der Waals surface area contributed by atoms with E-state index >= 15 is 0 Å². The van der Waals surface area contributed by atoms with Crippen molar-refractivity contribution in [2.24, 2.45) is 0 Å². The quantitative estimate of drug-likeness (QED) is 0.625. The Morgan fingerprint density at radius 1 is 1.35 bits per heavy atom. The number of ether oxygens (including phenoxy) is 1. The van der Waals surface area contributed by atoms with E-state index in [-0.39, 0.29) is 30.9 Å². The van der Waals surface area contributed by atoms with E-state index in [0.717, 1.165) is 19.3 Å². The number of benzene rings is 1. The number of nitrogens with two attached hydrogens (primary N) is 1. The van der Waals surface area contributed by atoms with Gasteiger partial charge in [-0.3, -0.25) is 4.79 Å². The van der Waals surface area contributed by atoms with Crippen molar-refractivity contribution in [3.63, 3.8) is 0 Å². The van der Waals surface area contributed by atoms with E-state index in [9.17, 15) is 13.2 Å². The van der Waals surface area contributed by atoms with Crippen LogP contribution in [0.3, 0.4) is 0 Å². The maximum atomic E-state index is 11.9. The van der Waals surface area contributed by atoms with Crippen molar-refractivity contribution >= 4 is 21.6 Å². The van der Waals surface area contributed by atoms with Crippen LogP contribution in [0.5, 0.6) is 0 Å². The fourth-order valence-electron chi connectivity index (χ4n) is 2.34. The van der Waals surface area contributed by atoms with Crippen LogP contribution in [0, 0.1) is 0 Å². The molecule has 1 atom stereocenters. The molecule has 0 aromatic heterocycles. The third-order valence-electron chi connectivity index (χ3n) is 3.61. The van der Waals surface area contributed by atoms with Crippen LogP contribution in [0.25, 0.3) is 0 Å². The van der Waals surface area contributed by atoms with Crippen LogP contribution in [0.1, 0.15) is 29.6 Å². The molecule has 1 heterocycles. The number of nitrogen functional groups attached to an aromatic ring is 1. The van der Waals surface area contributed by atoms with Crippen molar-refractivity contribution in [3.8, 4) is 0 Å². The number of carbonyl (C=O) groups is 1. The van der Waals surface area contributed by atoms with Crippen LogP contribution in [-0.4, -0.2) is 45.9 Å². The largest absolute Gasteiger partial charge is 0.399 e. The zero-order chi connectivity index (χ0) is 16.7. The molecule has 8 heteroatoms. The van der Waals surface area contributed by atoms with E-state index in [0.29, 0.717) is 17.9 Å². The first-order valence-corrected chi connectivity index (χ1v) is 9.34. The van der Waals surface area contributed by atoms with Gasteiger partial charge in [0.1, 0.15) is 0 Å². The highest BCUT2D eigenvalue weighted by Crippen LogP contribution is 2.11. The zero-order valence-electron chi connectivity index (χ0n) is 13.0. The maximum absolute atomic E-state index is 11.9. The molecule has 23 heavy (non-hydrogen) atoms. The number of rotatable bonds is 7. The van der Waals surface area contributed by atoms with Crippen molar-refractivity contribution < 1.29 is 17.9 Å². The normalized spacial score (nSPS) is 18.5. The van der Waals surface area contributed by atoms with Crippen molar-refractivity contribution in [3.05, 3.63) is 29.8 Å².